The molecule has 2 heterocycles. The third-order valence-corrected chi connectivity index (χ3v) is 7.17. The number of carbonyl (C=O) groups excluding carboxylic acids is 1. The van der Waals surface area contributed by atoms with Crippen molar-refractivity contribution in [3.63, 3.8) is 0 Å². The normalized spacial score (nSPS) is 22.2. The maximum Gasteiger partial charge on any atom is 0.256 e. The Kier molecular flexibility index (Phi) is 4.34. The SMILES string of the molecule is CCc1ccc([C@H]2NC(=O)c3c(sc4c3CC[C@H](C(C)(C)C)C4)N2)cc1. The van der Waals surface area contributed by atoms with E-state index in [1.54, 1.807) is 11.3 Å². The average molecular weight is 369 g/mol. The highest BCUT2D eigenvalue weighted by atomic mass is 32.1. The Morgan fingerprint density at radius 2 is 1.88 bits per heavy atom. The van der Waals surface area contributed by atoms with Crippen LogP contribution in [0.3, 0.4) is 0 Å². The number of aryl methyl sites for hydroxylation is 1. The van der Waals surface area contributed by atoms with E-state index in [0.29, 0.717) is 11.3 Å². The van der Waals surface area contributed by atoms with Crippen molar-refractivity contribution in [3.8, 4) is 0 Å². The summed E-state index contributed by atoms with van der Waals surface area (Å²) in [5.41, 5.74) is 4.94. The van der Waals surface area contributed by atoms with Gasteiger partial charge in [-0.3, -0.25) is 4.79 Å². The lowest BCUT2D eigenvalue weighted by Crippen LogP contribution is -2.38. The van der Waals surface area contributed by atoms with E-state index in [4.69, 9.17) is 0 Å². The molecule has 1 aliphatic heterocycles. The van der Waals surface area contributed by atoms with Gasteiger partial charge in [0.15, 0.2) is 0 Å². The lowest BCUT2D eigenvalue weighted by Gasteiger charge is -2.34. The third-order valence-electron chi connectivity index (χ3n) is 5.99. The van der Waals surface area contributed by atoms with Gasteiger partial charge in [0.1, 0.15) is 11.2 Å². The van der Waals surface area contributed by atoms with Crippen molar-refractivity contribution in [1.82, 2.24) is 5.32 Å². The van der Waals surface area contributed by atoms with Gasteiger partial charge < -0.3 is 10.6 Å². The highest BCUT2D eigenvalue weighted by Gasteiger charge is 2.36. The van der Waals surface area contributed by atoms with Crippen LogP contribution in [0.25, 0.3) is 0 Å². The number of benzene rings is 1. The number of rotatable bonds is 2. The molecule has 0 radical (unpaired) electrons. The molecule has 0 saturated carbocycles. The van der Waals surface area contributed by atoms with Crippen molar-refractivity contribution in [3.05, 3.63) is 51.4 Å². The zero-order chi connectivity index (χ0) is 18.5. The van der Waals surface area contributed by atoms with E-state index < -0.39 is 0 Å². The number of nitrogens with one attached hydrogen (secondary N) is 2. The first-order valence-corrected chi connectivity index (χ1v) is 10.5. The summed E-state index contributed by atoms with van der Waals surface area (Å²) in [4.78, 5) is 14.3. The quantitative estimate of drug-likeness (QED) is 0.753. The minimum absolute atomic E-state index is 0.0787. The largest absolute Gasteiger partial charge is 0.353 e. The average Bonchev–Trinajstić information content (AvgIpc) is 2.99. The molecule has 2 aromatic rings. The molecule has 2 N–H and O–H groups in total. The van der Waals surface area contributed by atoms with E-state index in [2.05, 4.69) is 62.6 Å². The topological polar surface area (TPSA) is 41.1 Å². The van der Waals surface area contributed by atoms with Gasteiger partial charge in [0.25, 0.3) is 5.91 Å². The van der Waals surface area contributed by atoms with Gasteiger partial charge in [0, 0.05) is 4.88 Å². The molecule has 0 bridgehead atoms. The molecule has 26 heavy (non-hydrogen) atoms. The van der Waals surface area contributed by atoms with E-state index >= 15 is 0 Å². The van der Waals surface area contributed by atoms with Gasteiger partial charge in [-0.25, -0.2) is 0 Å². The monoisotopic (exact) mass is 368 g/mol. The Hall–Kier alpha value is -1.81. The molecule has 3 nitrogen and oxygen atoms in total. The zero-order valence-corrected chi connectivity index (χ0v) is 16.9. The van der Waals surface area contributed by atoms with Crippen molar-refractivity contribution in [2.75, 3.05) is 5.32 Å². The molecule has 0 saturated heterocycles. The molecule has 1 amide bonds. The smallest absolute Gasteiger partial charge is 0.256 e. The maximum atomic E-state index is 12.9. The van der Waals surface area contributed by atoms with Crippen molar-refractivity contribution < 1.29 is 4.79 Å². The number of hydrogen-bond donors (Lipinski definition) is 2. The minimum Gasteiger partial charge on any atom is -0.353 e. The lowest BCUT2D eigenvalue weighted by atomic mass is 9.72. The summed E-state index contributed by atoms with van der Waals surface area (Å²) in [5.74, 6) is 0.769. The van der Waals surface area contributed by atoms with Gasteiger partial charge in [-0.05, 0) is 53.7 Å². The van der Waals surface area contributed by atoms with Crippen LogP contribution in [0, 0.1) is 11.3 Å². The Morgan fingerprint density at radius 1 is 1.15 bits per heavy atom. The Bertz CT molecular complexity index is 829. The van der Waals surface area contributed by atoms with Gasteiger partial charge in [-0.15, -0.1) is 11.3 Å². The van der Waals surface area contributed by atoms with Crippen LogP contribution in [0.15, 0.2) is 24.3 Å². The highest BCUT2D eigenvalue weighted by molar-refractivity contribution is 7.16. The van der Waals surface area contributed by atoms with Crippen LogP contribution in [0.5, 0.6) is 0 Å². The summed E-state index contributed by atoms with van der Waals surface area (Å²) in [6, 6.07) is 8.52. The van der Waals surface area contributed by atoms with Crippen LogP contribution in [0.2, 0.25) is 0 Å². The molecule has 138 valence electrons. The summed E-state index contributed by atoms with van der Waals surface area (Å²) >= 11 is 1.80. The first-order chi connectivity index (χ1) is 12.4. The molecular formula is C22H28N2OS. The molecule has 2 atom stereocenters. The number of thiophene rings is 1. The second kappa shape index (κ2) is 6.41. The number of fused-ring (bicyclic) bond motifs is 3. The molecule has 1 aromatic carbocycles. The van der Waals surface area contributed by atoms with Crippen molar-refractivity contribution in [2.45, 2.75) is 59.5 Å². The number of anilines is 1. The fraction of sp³-hybridized carbons (Fsp3) is 0.500. The fourth-order valence-electron chi connectivity index (χ4n) is 4.15. The predicted octanol–water partition coefficient (Wildman–Crippen LogP) is 5.32. The van der Waals surface area contributed by atoms with Gasteiger partial charge in [0.05, 0.1) is 5.56 Å². The van der Waals surface area contributed by atoms with Crippen LogP contribution in [-0.4, -0.2) is 5.91 Å². The Morgan fingerprint density at radius 3 is 2.54 bits per heavy atom. The lowest BCUT2D eigenvalue weighted by molar-refractivity contribution is 0.0935. The Balaban J connectivity index is 1.62. The van der Waals surface area contributed by atoms with Crippen LogP contribution in [0.4, 0.5) is 5.00 Å². The molecule has 0 unspecified atom stereocenters. The van der Waals surface area contributed by atoms with Crippen LogP contribution >= 0.6 is 11.3 Å². The standard InChI is InChI=1S/C22H28N2OS/c1-5-13-6-8-14(9-7-13)19-23-20(25)18-16-11-10-15(22(2,3)4)12-17(16)26-21(18)24-19/h6-9,15,19,24H,5,10-12H2,1-4H3,(H,23,25)/t15-,19-/m0/s1. The van der Waals surface area contributed by atoms with Crippen molar-refractivity contribution in [1.29, 1.82) is 0 Å². The maximum absolute atomic E-state index is 12.9. The van der Waals surface area contributed by atoms with Crippen LogP contribution < -0.4 is 10.6 Å². The first-order valence-electron chi connectivity index (χ1n) is 9.67. The number of hydrogen-bond acceptors (Lipinski definition) is 3. The van der Waals surface area contributed by atoms with Gasteiger partial charge in [-0.1, -0.05) is 52.0 Å². The van der Waals surface area contributed by atoms with E-state index in [1.165, 1.54) is 22.4 Å². The summed E-state index contributed by atoms with van der Waals surface area (Å²) < 4.78 is 0. The van der Waals surface area contributed by atoms with Crippen molar-refractivity contribution >= 4 is 22.2 Å². The molecule has 4 heteroatoms. The van der Waals surface area contributed by atoms with Crippen molar-refractivity contribution in [2.24, 2.45) is 11.3 Å². The zero-order valence-electron chi connectivity index (χ0n) is 16.1. The van der Waals surface area contributed by atoms with Crippen LogP contribution in [-0.2, 0) is 19.3 Å². The summed E-state index contributed by atoms with van der Waals surface area (Å²) in [7, 11) is 0. The van der Waals surface area contributed by atoms with E-state index in [1.807, 2.05) is 0 Å². The molecule has 0 fully saturated rings. The first kappa shape index (κ1) is 17.6. The molecule has 0 spiro atoms. The van der Waals surface area contributed by atoms with E-state index in [9.17, 15) is 4.79 Å². The summed E-state index contributed by atoms with van der Waals surface area (Å²) in [5, 5.41) is 7.79. The molecular weight excluding hydrogens is 340 g/mol. The summed E-state index contributed by atoms with van der Waals surface area (Å²) in [6.07, 6.45) is 4.19. The molecule has 1 aromatic heterocycles. The second-order valence-corrected chi connectivity index (χ2v) is 9.76. The van der Waals surface area contributed by atoms with Gasteiger partial charge >= 0.3 is 0 Å². The predicted molar refractivity (Wildman–Crippen MR) is 109 cm³/mol. The highest BCUT2D eigenvalue weighted by Crippen LogP contribution is 2.45. The fourth-order valence-corrected chi connectivity index (χ4v) is 5.50. The second-order valence-electron chi connectivity index (χ2n) is 8.66. The van der Waals surface area contributed by atoms with E-state index in [0.717, 1.165) is 35.4 Å². The third kappa shape index (κ3) is 3.05. The van der Waals surface area contributed by atoms with E-state index in [-0.39, 0.29) is 12.1 Å². The molecule has 4 rings (SSSR count). The molecule has 1 aliphatic carbocycles. The summed E-state index contributed by atoms with van der Waals surface area (Å²) in [6.45, 7) is 9.15. The van der Waals surface area contributed by atoms with Crippen LogP contribution in [0.1, 0.15) is 72.2 Å². The van der Waals surface area contributed by atoms with Gasteiger partial charge in [-0.2, -0.15) is 0 Å². The molecule has 2 aliphatic rings. The minimum atomic E-state index is -0.139. The van der Waals surface area contributed by atoms with Gasteiger partial charge in [0.2, 0.25) is 0 Å². The number of carbonyl (C=O) groups is 1. The number of amides is 1. The Labute approximate surface area is 160 Å².